The van der Waals surface area contributed by atoms with Crippen LogP contribution >= 0.6 is 0 Å². The Bertz CT molecular complexity index is 768. The Morgan fingerprint density at radius 3 is 2.12 bits per heavy atom. The molecule has 0 aliphatic heterocycles. The third-order valence-corrected chi connectivity index (χ3v) is 4.77. The predicted molar refractivity (Wildman–Crippen MR) is 97.6 cm³/mol. The Morgan fingerprint density at radius 2 is 1.48 bits per heavy atom. The summed E-state index contributed by atoms with van der Waals surface area (Å²) in [5, 5.41) is 5.88. The Hall–Kier alpha value is -2.62. The molecule has 0 heterocycles. The van der Waals surface area contributed by atoms with E-state index in [1.165, 1.54) is 5.56 Å². The molecular formula is C21H24N2O2. The second kappa shape index (κ2) is 7.51. The fraction of sp³-hybridized carbons (Fsp3) is 0.333. The van der Waals surface area contributed by atoms with E-state index in [4.69, 9.17) is 0 Å². The van der Waals surface area contributed by atoms with Crippen LogP contribution in [0.4, 0.5) is 0 Å². The quantitative estimate of drug-likeness (QED) is 0.852. The smallest absolute Gasteiger partial charge is 0.224 e. The zero-order valence-corrected chi connectivity index (χ0v) is 14.7. The van der Waals surface area contributed by atoms with Crippen molar-refractivity contribution in [2.24, 2.45) is 11.8 Å². The molecule has 3 rings (SSSR count). The van der Waals surface area contributed by atoms with Gasteiger partial charge >= 0.3 is 0 Å². The van der Waals surface area contributed by atoms with Crippen LogP contribution in [0.25, 0.3) is 0 Å². The molecule has 1 aliphatic carbocycles. The summed E-state index contributed by atoms with van der Waals surface area (Å²) in [4.78, 5) is 24.4. The summed E-state index contributed by atoms with van der Waals surface area (Å²) in [6.45, 7) is 5.08. The van der Waals surface area contributed by atoms with Crippen molar-refractivity contribution in [1.29, 1.82) is 0 Å². The number of carbonyl (C=O) groups is 2. The zero-order chi connectivity index (χ0) is 17.8. The molecular weight excluding hydrogens is 312 g/mol. The van der Waals surface area contributed by atoms with E-state index >= 15 is 0 Å². The molecule has 25 heavy (non-hydrogen) atoms. The summed E-state index contributed by atoms with van der Waals surface area (Å²) >= 11 is 0. The molecule has 2 amide bonds. The van der Waals surface area contributed by atoms with Gasteiger partial charge in [0.2, 0.25) is 11.8 Å². The van der Waals surface area contributed by atoms with Gasteiger partial charge in [-0.3, -0.25) is 9.59 Å². The molecule has 0 radical (unpaired) electrons. The minimum absolute atomic E-state index is 0.0289. The summed E-state index contributed by atoms with van der Waals surface area (Å²) in [7, 11) is 0. The molecule has 0 spiro atoms. The lowest BCUT2D eigenvalue weighted by Crippen LogP contribution is -2.29. The highest BCUT2D eigenvalue weighted by molar-refractivity contribution is 5.92. The predicted octanol–water partition coefficient (Wildman–Crippen LogP) is 2.87. The van der Waals surface area contributed by atoms with E-state index in [-0.39, 0.29) is 23.7 Å². The van der Waals surface area contributed by atoms with Crippen molar-refractivity contribution in [3.05, 3.63) is 70.8 Å². The Morgan fingerprint density at radius 1 is 0.880 bits per heavy atom. The lowest BCUT2D eigenvalue weighted by Gasteiger charge is -2.08. The molecule has 4 nitrogen and oxygen atoms in total. The molecule has 1 fully saturated rings. The van der Waals surface area contributed by atoms with Gasteiger partial charge in [0, 0.05) is 13.1 Å². The van der Waals surface area contributed by atoms with E-state index < -0.39 is 0 Å². The average Bonchev–Trinajstić information content (AvgIpc) is 3.41. The number of aryl methyl sites for hydroxylation is 2. The van der Waals surface area contributed by atoms with E-state index in [1.54, 1.807) is 0 Å². The van der Waals surface area contributed by atoms with Gasteiger partial charge < -0.3 is 10.6 Å². The second-order valence-electron chi connectivity index (χ2n) is 6.80. The number of amides is 2. The lowest BCUT2D eigenvalue weighted by atomic mass is 10.1. The van der Waals surface area contributed by atoms with Crippen molar-refractivity contribution in [3.63, 3.8) is 0 Å². The van der Waals surface area contributed by atoms with Crippen LogP contribution in [0.15, 0.2) is 48.5 Å². The zero-order valence-electron chi connectivity index (χ0n) is 14.7. The standard InChI is InChI=1S/C21H24N2O2/c1-14-7-9-16(10-8-14)12-22-20(24)18-11-19(18)21(25)23-13-17-6-4-3-5-15(17)2/h3-10,18-19H,11-13H2,1-2H3,(H,22,24)(H,23,25). The highest BCUT2D eigenvalue weighted by atomic mass is 16.2. The van der Waals surface area contributed by atoms with Gasteiger partial charge in [0.15, 0.2) is 0 Å². The van der Waals surface area contributed by atoms with E-state index in [2.05, 4.69) is 10.6 Å². The van der Waals surface area contributed by atoms with Crippen LogP contribution in [0.1, 0.15) is 28.7 Å². The first-order chi connectivity index (χ1) is 12.0. The lowest BCUT2D eigenvalue weighted by molar-refractivity contribution is -0.127. The third-order valence-electron chi connectivity index (χ3n) is 4.77. The fourth-order valence-electron chi connectivity index (χ4n) is 2.92. The maximum Gasteiger partial charge on any atom is 0.224 e. The van der Waals surface area contributed by atoms with Crippen molar-refractivity contribution in [2.75, 3.05) is 0 Å². The summed E-state index contributed by atoms with van der Waals surface area (Å²) in [5.74, 6) is -0.445. The largest absolute Gasteiger partial charge is 0.352 e. The van der Waals surface area contributed by atoms with Crippen molar-refractivity contribution < 1.29 is 9.59 Å². The van der Waals surface area contributed by atoms with Crippen molar-refractivity contribution >= 4 is 11.8 Å². The first-order valence-corrected chi connectivity index (χ1v) is 8.70. The second-order valence-corrected chi connectivity index (χ2v) is 6.80. The molecule has 2 N–H and O–H groups in total. The molecule has 2 unspecified atom stereocenters. The van der Waals surface area contributed by atoms with Crippen LogP contribution in [-0.4, -0.2) is 11.8 Å². The monoisotopic (exact) mass is 336 g/mol. The summed E-state index contributed by atoms with van der Waals surface area (Å²) in [6, 6.07) is 16.1. The first-order valence-electron chi connectivity index (χ1n) is 8.70. The topological polar surface area (TPSA) is 58.2 Å². The van der Waals surface area contributed by atoms with Crippen LogP contribution < -0.4 is 10.6 Å². The van der Waals surface area contributed by atoms with Gasteiger partial charge in [-0.15, -0.1) is 0 Å². The molecule has 0 aromatic heterocycles. The van der Waals surface area contributed by atoms with Crippen molar-refractivity contribution in [2.45, 2.75) is 33.4 Å². The van der Waals surface area contributed by atoms with Crippen molar-refractivity contribution in [3.8, 4) is 0 Å². The molecule has 2 atom stereocenters. The minimum atomic E-state index is -0.193. The van der Waals surface area contributed by atoms with Gasteiger partial charge in [0.25, 0.3) is 0 Å². The number of rotatable bonds is 6. The molecule has 0 bridgehead atoms. The molecule has 130 valence electrons. The minimum Gasteiger partial charge on any atom is -0.352 e. The number of hydrogen-bond acceptors (Lipinski definition) is 2. The van der Waals surface area contributed by atoms with Crippen molar-refractivity contribution in [1.82, 2.24) is 10.6 Å². The Balaban J connectivity index is 1.43. The van der Waals surface area contributed by atoms with E-state index in [1.807, 2.05) is 62.4 Å². The molecule has 1 aliphatic rings. The molecule has 2 aromatic carbocycles. The van der Waals surface area contributed by atoms with E-state index in [9.17, 15) is 9.59 Å². The molecule has 1 saturated carbocycles. The third kappa shape index (κ3) is 4.47. The molecule has 2 aromatic rings. The van der Waals surface area contributed by atoms with Crippen LogP contribution in [-0.2, 0) is 22.7 Å². The van der Waals surface area contributed by atoms with Gasteiger partial charge in [0.1, 0.15) is 0 Å². The summed E-state index contributed by atoms with van der Waals surface area (Å²) in [6.07, 6.45) is 0.638. The molecule has 0 saturated heterocycles. The van der Waals surface area contributed by atoms with Crippen LogP contribution in [0.3, 0.4) is 0 Å². The maximum absolute atomic E-state index is 12.2. The van der Waals surface area contributed by atoms with E-state index in [0.29, 0.717) is 19.5 Å². The number of carbonyl (C=O) groups excluding carboxylic acids is 2. The Labute approximate surface area is 148 Å². The van der Waals surface area contributed by atoms with Crippen LogP contribution in [0, 0.1) is 25.7 Å². The SMILES string of the molecule is Cc1ccc(CNC(=O)C2CC2C(=O)NCc2ccccc2C)cc1. The van der Waals surface area contributed by atoms with Gasteiger partial charge in [-0.1, -0.05) is 54.1 Å². The number of nitrogens with one attached hydrogen (secondary N) is 2. The van der Waals surface area contributed by atoms with Gasteiger partial charge in [-0.2, -0.15) is 0 Å². The normalized spacial score (nSPS) is 18.5. The summed E-state index contributed by atoms with van der Waals surface area (Å²) < 4.78 is 0. The Kier molecular flexibility index (Phi) is 5.17. The fourth-order valence-corrected chi connectivity index (χ4v) is 2.92. The first kappa shape index (κ1) is 17.2. The van der Waals surface area contributed by atoms with Gasteiger partial charge in [0.05, 0.1) is 11.8 Å². The number of benzene rings is 2. The van der Waals surface area contributed by atoms with Crippen LogP contribution in [0.5, 0.6) is 0 Å². The maximum atomic E-state index is 12.2. The average molecular weight is 336 g/mol. The summed E-state index contributed by atoms with van der Waals surface area (Å²) in [5.41, 5.74) is 4.53. The van der Waals surface area contributed by atoms with Crippen LogP contribution in [0.2, 0.25) is 0 Å². The van der Waals surface area contributed by atoms with Gasteiger partial charge in [-0.25, -0.2) is 0 Å². The van der Waals surface area contributed by atoms with Gasteiger partial charge in [-0.05, 0) is 37.0 Å². The number of hydrogen-bond donors (Lipinski definition) is 2. The van der Waals surface area contributed by atoms with E-state index in [0.717, 1.165) is 16.7 Å². The highest BCUT2D eigenvalue weighted by Crippen LogP contribution is 2.38. The highest BCUT2D eigenvalue weighted by Gasteiger charge is 2.47. The molecule has 4 heteroatoms.